The van der Waals surface area contributed by atoms with Crippen LogP contribution in [0.15, 0.2) is 35.9 Å². The average molecular weight is 490 g/mol. The molecule has 35 heavy (non-hydrogen) atoms. The lowest BCUT2D eigenvalue weighted by molar-refractivity contribution is -0.122. The average Bonchev–Trinajstić information content (AvgIpc) is 2.73. The highest BCUT2D eigenvalue weighted by Gasteiger charge is 2.39. The van der Waals surface area contributed by atoms with E-state index in [0.717, 1.165) is 28.7 Å². The van der Waals surface area contributed by atoms with Gasteiger partial charge in [0, 0.05) is 17.3 Å². The van der Waals surface area contributed by atoms with Crippen molar-refractivity contribution in [3.8, 4) is 0 Å². The van der Waals surface area contributed by atoms with E-state index in [1.54, 1.807) is 6.08 Å². The molecule has 1 unspecified atom stereocenters. The van der Waals surface area contributed by atoms with E-state index < -0.39 is 11.8 Å². The molecule has 2 heterocycles. The minimum absolute atomic E-state index is 0.0497. The molecule has 1 fully saturated rings. The van der Waals surface area contributed by atoms with Crippen molar-refractivity contribution < 1.29 is 9.59 Å². The molecule has 1 atom stereocenters. The van der Waals surface area contributed by atoms with Crippen molar-refractivity contribution in [3.05, 3.63) is 63.7 Å². The highest BCUT2D eigenvalue weighted by atomic mass is 32.1. The Hall–Kier alpha value is -2.99. The minimum Gasteiger partial charge on any atom is -0.364 e. The van der Waals surface area contributed by atoms with Gasteiger partial charge in [-0.15, -0.1) is 0 Å². The Labute approximate surface area is 214 Å². The second kappa shape index (κ2) is 8.90. The van der Waals surface area contributed by atoms with Gasteiger partial charge in [-0.2, -0.15) is 0 Å². The lowest BCUT2D eigenvalue weighted by Crippen LogP contribution is -2.54. The van der Waals surface area contributed by atoms with Gasteiger partial charge < -0.3 is 4.90 Å². The van der Waals surface area contributed by atoms with Gasteiger partial charge in [-0.1, -0.05) is 19.1 Å². The summed E-state index contributed by atoms with van der Waals surface area (Å²) < 4.78 is 0. The predicted octanol–water partition coefficient (Wildman–Crippen LogP) is 5.94. The van der Waals surface area contributed by atoms with Crippen molar-refractivity contribution in [2.45, 2.75) is 79.3 Å². The van der Waals surface area contributed by atoms with E-state index in [2.05, 4.69) is 57.0 Å². The Kier molecular flexibility index (Phi) is 6.39. The quantitative estimate of drug-likeness (QED) is 0.329. The zero-order valence-electron chi connectivity index (χ0n) is 21.9. The number of rotatable bonds is 3. The first-order valence-electron chi connectivity index (χ1n) is 12.2. The van der Waals surface area contributed by atoms with E-state index in [-0.39, 0.29) is 16.2 Å². The van der Waals surface area contributed by atoms with Crippen LogP contribution in [0.1, 0.15) is 74.8 Å². The maximum Gasteiger partial charge on any atom is 0.270 e. The summed E-state index contributed by atoms with van der Waals surface area (Å²) in [7, 11) is 0. The minimum atomic E-state index is -0.461. The monoisotopic (exact) mass is 489 g/mol. The van der Waals surface area contributed by atoms with Gasteiger partial charge in [0.05, 0.1) is 5.69 Å². The number of anilines is 2. The number of hydrogen-bond donors (Lipinski definition) is 1. The molecule has 1 N–H and O–H groups in total. The van der Waals surface area contributed by atoms with Crippen molar-refractivity contribution in [1.82, 2.24) is 5.32 Å². The molecule has 184 valence electrons. The van der Waals surface area contributed by atoms with Crippen molar-refractivity contribution >= 4 is 46.6 Å². The van der Waals surface area contributed by atoms with Crippen LogP contribution in [0.4, 0.5) is 11.4 Å². The van der Waals surface area contributed by atoms with Crippen LogP contribution in [0.2, 0.25) is 0 Å². The van der Waals surface area contributed by atoms with Crippen LogP contribution < -0.4 is 15.1 Å². The first kappa shape index (κ1) is 25.1. The molecule has 0 radical (unpaired) electrons. The van der Waals surface area contributed by atoms with Crippen LogP contribution in [-0.2, 0) is 9.59 Å². The van der Waals surface area contributed by atoms with Crippen molar-refractivity contribution in [2.24, 2.45) is 0 Å². The molecule has 0 aliphatic carbocycles. The third-order valence-corrected chi connectivity index (χ3v) is 7.68. The SMILES string of the molecule is Cc1cc2c(cc1/C=C1\C(=O)NC(=S)N(c3cccc(C)c3C)C1=O)C(C)CC(C)(C)N2C(C)C. The molecule has 5 nitrogen and oxygen atoms in total. The van der Waals surface area contributed by atoms with Gasteiger partial charge in [-0.25, -0.2) is 0 Å². The summed E-state index contributed by atoms with van der Waals surface area (Å²) in [6, 6.07) is 10.5. The van der Waals surface area contributed by atoms with Crippen LogP contribution in [0.3, 0.4) is 0 Å². The molecule has 6 heteroatoms. The molecular formula is C29H35N3O2S. The number of benzene rings is 2. The molecule has 2 aromatic rings. The molecule has 2 aliphatic heterocycles. The van der Waals surface area contributed by atoms with E-state index in [1.165, 1.54) is 16.2 Å². The number of nitrogens with one attached hydrogen (secondary N) is 1. The highest BCUT2D eigenvalue weighted by molar-refractivity contribution is 7.80. The largest absolute Gasteiger partial charge is 0.364 e. The third-order valence-electron chi connectivity index (χ3n) is 7.40. The van der Waals surface area contributed by atoms with E-state index in [0.29, 0.717) is 17.6 Å². The summed E-state index contributed by atoms with van der Waals surface area (Å²) in [5.41, 5.74) is 7.23. The molecule has 0 saturated carbocycles. The zero-order chi connectivity index (χ0) is 25.8. The van der Waals surface area contributed by atoms with Crippen LogP contribution in [0.5, 0.6) is 0 Å². The summed E-state index contributed by atoms with van der Waals surface area (Å²) in [6.07, 6.45) is 2.75. The molecular weight excluding hydrogens is 454 g/mol. The highest BCUT2D eigenvalue weighted by Crippen LogP contribution is 2.45. The lowest BCUT2D eigenvalue weighted by atomic mass is 9.78. The molecule has 2 amide bonds. The fourth-order valence-electron chi connectivity index (χ4n) is 5.76. The Bertz CT molecular complexity index is 1270. The predicted molar refractivity (Wildman–Crippen MR) is 148 cm³/mol. The third kappa shape index (κ3) is 4.29. The molecule has 1 saturated heterocycles. The molecule has 2 aromatic carbocycles. The standard InChI is InChI=1S/C29H35N3O2S/c1-16(2)32-25-12-18(4)21(13-22(25)19(5)15-29(32,7)8)14-23-26(33)30-28(35)31(27(23)34)24-11-9-10-17(3)20(24)6/h9-14,16,19H,15H2,1-8H3,(H,30,33,35)/b23-14+. The van der Waals surface area contributed by atoms with E-state index in [9.17, 15) is 9.59 Å². The van der Waals surface area contributed by atoms with Gasteiger partial charge in [0.2, 0.25) is 0 Å². The fraction of sp³-hybridized carbons (Fsp3) is 0.414. The van der Waals surface area contributed by atoms with E-state index >= 15 is 0 Å². The number of amides is 2. The van der Waals surface area contributed by atoms with Crippen LogP contribution in [-0.4, -0.2) is 28.5 Å². The topological polar surface area (TPSA) is 52.7 Å². The van der Waals surface area contributed by atoms with Crippen molar-refractivity contribution in [2.75, 3.05) is 9.80 Å². The van der Waals surface area contributed by atoms with E-state index in [4.69, 9.17) is 12.2 Å². The molecule has 2 aliphatic rings. The van der Waals surface area contributed by atoms with E-state index in [1.807, 2.05) is 39.0 Å². The summed E-state index contributed by atoms with van der Waals surface area (Å²) in [6.45, 7) is 17.3. The van der Waals surface area contributed by atoms with Crippen LogP contribution in [0, 0.1) is 20.8 Å². The number of fused-ring (bicyclic) bond motifs is 1. The summed E-state index contributed by atoms with van der Waals surface area (Å²) in [5.74, 6) is -0.498. The lowest BCUT2D eigenvalue weighted by Gasteiger charge is -2.50. The molecule has 0 bridgehead atoms. The number of thiocarbonyl (C=S) groups is 1. The van der Waals surface area contributed by atoms with Crippen molar-refractivity contribution in [3.63, 3.8) is 0 Å². The fourth-order valence-corrected chi connectivity index (χ4v) is 6.03. The maximum absolute atomic E-state index is 13.6. The van der Waals surface area contributed by atoms with Crippen LogP contribution >= 0.6 is 12.2 Å². The maximum atomic E-state index is 13.6. The van der Waals surface area contributed by atoms with Gasteiger partial charge in [-0.05, 0) is 125 Å². The van der Waals surface area contributed by atoms with Gasteiger partial charge >= 0.3 is 0 Å². The number of aryl methyl sites for hydroxylation is 2. The number of hydrogen-bond acceptors (Lipinski definition) is 4. The zero-order valence-corrected chi connectivity index (χ0v) is 22.8. The summed E-state index contributed by atoms with van der Waals surface area (Å²) in [4.78, 5) is 30.4. The number of nitrogens with zero attached hydrogens (tertiary/aromatic N) is 2. The first-order chi connectivity index (χ1) is 16.3. The second-order valence-electron chi connectivity index (χ2n) is 10.8. The Morgan fingerprint density at radius 2 is 1.77 bits per heavy atom. The first-order valence-corrected chi connectivity index (χ1v) is 12.7. The van der Waals surface area contributed by atoms with Gasteiger partial charge in [0.15, 0.2) is 5.11 Å². The van der Waals surface area contributed by atoms with Gasteiger partial charge in [0.1, 0.15) is 5.57 Å². The normalized spacial score (nSPS) is 21.0. The summed E-state index contributed by atoms with van der Waals surface area (Å²) >= 11 is 5.40. The van der Waals surface area contributed by atoms with Crippen molar-refractivity contribution in [1.29, 1.82) is 0 Å². The van der Waals surface area contributed by atoms with Gasteiger partial charge in [-0.3, -0.25) is 19.8 Å². The number of carbonyl (C=O) groups is 2. The second-order valence-corrected chi connectivity index (χ2v) is 11.2. The molecule has 4 rings (SSSR count). The Morgan fingerprint density at radius 3 is 2.43 bits per heavy atom. The Morgan fingerprint density at radius 1 is 1.09 bits per heavy atom. The van der Waals surface area contributed by atoms with Crippen LogP contribution in [0.25, 0.3) is 6.08 Å². The van der Waals surface area contributed by atoms with Gasteiger partial charge in [0.25, 0.3) is 11.8 Å². The Balaban J connectivity index is 1.81. The molecule has 0 spiro atoms. The molecule has 0 aromatic heterocycles. The number of carbonyl (C=O) groups excluding carboxylic acids is 2. The smallest absolute Gasteiger partial charge is 0.270 e. The summed E-state index contributed by atoms with van der Waals surface area (Å²) in [5, 5.41) is 2.83.